The molecule has 0 aliphatic carbocycles. The van der Waals surface area contributed by atoms with Crippen LogP contribution in [-0.4, -0.2) is 27.4 Å². The Labute approximate surface area is 160 Å². The summed E-state index contributed by atoms with van der Waals surface area (Å²) in [4.78, 5) is 12.7. The predicted octanol–water partition coefficient (Wildman–Crippen LogP) is 2.49. The number of amides is 1. The average molecular weight is 413 g/mol. The van der Waals surface area contributed by atoms with E-state index in [1.54, 1.807) is 0 Å². The number of nitrogen functional groups attached to an aromatic ring is 1. The summed E-state index contributed by atoms with van der Waals surface area (Å²) in [7, 11) is 1.35. The normalized spacial score (nSPS) is 18.6. The number of nitrogens with two attached hydrogens (primary N) is 1. The Bertz CT molecular complexity index is 1150. The number of fused-ring (bicyclic) bond motifs is 3. The molecule has 1 atom stereocenters. The molecule has 7 nitrogen and oxygen atoms in total. The van der Waals surface area contributed by atoms with Crippen LogP contribution in [0.4, 0.5) is 18.9 Å². The molecule has 1 aliphatic rings. The summed E-state index contributed by atoms with van der Waals surface area (Å²) in [6.45, 7) is -3.12. The summed E-state index contributed by atoms with van der Waals surface area (Å²) >= 11 is 6.10. The van der Waals surface area contributed by atoms with Crippen molar-refractivity contribution in [3.8, 4) is 5.88 Å². The van der Waals surface area contributed by atoms with Gasteiger partial charge in [0.25, 0.3) is 5.91 Å². The second kappa shape index (κ2) is 6.01. The highest BCUT2D eigenvalue weighted by Gasteiger charge is 2.48. The van der Waals surface area contributed by atoms with Gasteiger partial charge in [0, 0.05) is 28.9 Å². The SMILES string of the molecule is Cn1nc2c3c(c(N)cc2c1OC(F)F)C(O)(c1cc(F)ccc1Cl)NC3=O. The molecule has 0 saturated carbocycles. The maximum atomic E-state index is 13.8. The van der Waals surface area contributed by atoms with Crippen molar-refractivity contribution in [1.82, 2.24) is 15.1 Å². The van der Waals surface area contributed by atoms with E-state index in [-0.39, 0.29) is 44.2 Å². The van der Waals surface area contributed by atoms with E-state index in [4.69, 9.17) is 17.3 Å². The average Bonchev–Trinajstić information content (AvgIpc) is 3.05. The van der Waals surface area contributed by atoms with Crippen molar-refractivity contribution >= 4 is 34.1 Å². The molecule has 0 fully saturated rings. The molecule has 0 radical (unpaired) electrons. The summed E-state index contributed by atoms with van der Waals surface area (Å²) in [6, 6.07) is 4.52. The first-order valence-electron chi connectivity index (χ1n) is 7.88. The van der Waals surface area contributed by atoms with E-state index in [9.17, 15) is 23.1 Å². The van der Waals surface area contributed by atoms with Gasteiger partial charge in [-0.3, -0.25) is 4.79 Å². The Balaban J connectivity index is 2.03. The minimum absolute atomic E-state index is 0.0108. The first kappa shape index (κ1) is 18.4. The van der Waals surface area contributed by atoms with E-state index < -0.39 is 24.1 Å². The number of hydrogen-bond donors (Lipinski definition) is 3. The second-order valence-corrected chi connectivity index (χ2v) is 6.62. The van der Waals surface area contributed by atoms with Gasteiger partial charge in [-0.2, -0.15) is 13.9 Å². The van der Waals surface area contributed by atoms with Crippen LogP contribution in [0.2, 0.25) is 5.02 Å². The zero-order chi connectivity index (χ0) is 20.4. The van der Waals surface area contributed by atoms with Crippen LogP contribution in [0.15, 0.2) is 24.3 Å². The third-order valence-corrected chi connectivity index (χ3v) is 4.84. The molecule has 11 heteroatoms. The van der Waals surface area contributed by atoms with E-state index in [0.29, 0.717) is 0 Å². The monoisotopic (exact) mass is 412 g/mol. The summed E-state index contributed by atoms with van der Waals surface area (Å²) in [5.74, 6) is -1.77. The number of aromatic nitrogens is 2. The van der Waals surface area contributed by atoms with Crippen molar-refractivity contribution in [3.05, 3.63) is 51.8 Å². The van der Waals surface area contributed by atoms with Gasteiger partial charge >= 0.3 is 6.61 Å². The first-order valence-corrected chi connectivity index (χ1v) is 8.26. The molecule has 4 rings (SSSR count). The highest BCUT2D eigenvalue weighted by molar-refractivity contribution is 6.31. The van der Waals surface area contributed by atoms with Crippen molar-refractivity contribution in [2.45, 2.75) is 12.3 Å². The number of rotatable bonds is 3. The molecule has 28 heavy (non-hydrogen) atoms. The van der Waals surface area contributed by atoms with E-state index in [1.807, 2.05) is 0 Å². The van der Waals surface area contributed by atoms with Crippen LogP contribution < -0.4 is 15.8 Å². The van der Waals surface area contributed by atoms with Crippen LogP contribution in [0, 0.1) is 5.82 Å². The Kier molecular flexibility index (Phi) is 3.95. The van der Waals surface area contributed by atoms with Crippen molar-refractivity contribution in [1.29, 1.82) is 0 Å². The third-order valence-electron chi connectivity index (χ3n) is 4.51. The third kappa shape index (κ3) is 2.49. The van der Waals surface area contributed by atoms with E-state index in [1.165, 1.54) is 19.2 Å². The fourth-order valence-corrected chi connectivity index (χ4v) is 3.69. The molecule has 1 amide bonds. The van der Waals surface area contributed by atoms with Crippen LogP contribution >= 0.6 is 11.6 Å². The van der Waals surface area contributed by atoms with Gasteiger partial charge in [0.05, 0.1) is 10.9 Å². The molecule has 146 valence electrons. The lowest BCUT2D eigenvalue weighted by Gasteiger charge is -2.26. The zero-order valence-electron chi connectivity index (χ0n) is 14.1. The molecular formula is C17H12ClF3N4O3. The van der Waals surface area contributed by atoms with Gasteiger partial charge < -0.3 is 20.9 Å². The van der Waals surface area contributed by atoms with Crippen LogP contribution in [0.1, 0.15) is 21.5 Å². The van der Waals surface area contributed by atoms with E-state index >= 15 is 0 Å². The smallest absolute Gasteiger partial charge is 0.388 e. The minimum atomic E-state index is -3.12. The molecule has 0 spiro atoms. The lowest BCUT2D eigenvalue weighted by Crippen LogP contribution is -2.40. The predicted molar refractivity (Wildman–Crippen MR) is 93.6 cm³/mol. The van der Waals surface area contributed by atoms with Crippen LogP contribution in [0.25, 0.3) is 10.9 Å². The number of carbonyl (C=O) groups is 1. The number of alkyl halides is 2. The largest absolute Gasteiger partial charge is 0.417 e. The number of hydrogen-bond acceptors (Lipinski definition) is 5. The van der Waals surface area contributed by atoms with E-state index in [2.05, 4.69) is 15.2 Å². The van der Waals surface area contributed by atoms with E-state index in [0.717, 1.165) is 16.8 Å². The molecule has 4 N–H and O–H groups in total. The number of aryl methyl sites for hydroxylation is 1. The maximum absolute atomic E-state index is 13.8. The van der Waals surface area contributed by atoms with Gasteiger partial charge in [-0.25, -0.2) is 9.07 Å². The van der Waals surface area contributed by atoms with Crippen molar-refractivity contribution < 1.29 is 27.8 Å². The molecule has 1 unspecified atom stereocenters. The first-order chi connectivity index (χ1) is 13.1. The molecule has 1 aromatic heterocycles. The number of benzene rings is 2. The number of ether oxygens (including phenoxy) is 1. The fourth-order valence-electron chi connectivity index (χ4n) is 3.43. The molecule has 1 aliphatic heterocycles. The number of carbonyl (C=O) groups excluding carboxylic acids is 1. The minimum Gasteiger partial charge on any atom is -0.417 e. The molecule has 3 aromatic rings. The highest BCUT2D eigenvalue weighted by Crippen LogP contribution is 2.45. The molecule has 2 aromatic carbocycles. The van der Waals surface area contributed by atoms with Crippen molar-refractivity contribution in [2.24, 2.45) is 7.05 Å². The molecular weight excluding hydrogens is 401 g/mol. The van der Waals surface area contributed by atoms with Crippen molar-refractivity contribution in [3.63, 3.8) is 0 Å². The standard InChI is InChI=1S/C17H12ClF3N4O3/c1-25-15(28-16(20)21)7-5-10(22)12-11(13(7)24-25)14(26)23-17(12,27)8-4-6(19)2-3-9(8)18/h2-5,16,27H,22H2,1H3,(H,23,26). The van der Waals surface area contributed by atoms with Gasteiger partial charge in [0.1, 0.15) is 11.3 Å². The summed E-state index contributed by atoms with van der Waals surface area (Å²) in [6.07, 6.45) is 0. The van der Waals surface area contributed by atoms with Crippen LogP contribution in [-0.2, 0) is 12.8 Å². The Hall–Kier alpha value is -2.98. The van der Waals surface area contributed by atoms with Gasteiger partial charge in [0.2, 0.25) is 5.88 Å². The Morgan fingerprint density at radius 3 is 2.79 bits per heavy atom. The summed E-state index contributed by atoms with van der Waals surface area (Å²) < 4.78 is 44.7. The number of nitrogens with zero attached hydrogens (tertiary/aromatic N) is 2. The lowest BCUT2D eigenvalue weighted by molar-refractivity contribution is -0.0542. The number of halogens is 4. The summed E-state index contributed by atoms with van der Waals surface area (Å²) in [5.41, 5.74) is 3.31. The number of anilines is 1. The van der Waals surface area contributed by atoms with Crippen molar-refractivity contribution in [2.75, 3.05) is 5.73 Å². The van der Waals surface area contributed by atoms with Gasteiger partial charge in [-0.1, -0.05) is 11.6 Å². The van der Waals surface area contributed by atoms with Gasteiger partial charge in [-0.15, -0.1) is 0 Å². The Morgan fingerprint density at radius 1 is 1.39 bits per heavy atom. The van der Waals surface area contributed by atoms with Gasteiger partial charge in [0.15, 0.2) is 5.72 Å². The molecule has 2 heterocycles. The maximum Gasteiger partial charge on any atom is 0.388 e. The zero-order valence-corrected chi connectivity index (χ0v) is 14.9. The molecule has 0 saturated heterocycles. The quantitative estimate of drug-likeness (QED) is 0.574. The van der Waals surface area contributed by atoms with Crippen LogP contribution in [0.3, 0.4) is 0 Å². The topological polar surface area (TPSA) is 102 Å². The second-order valence-electron chi connectivity index (χ2n) is 6.21. The fraction of sp³-hybridized carbons (Fsp3) is 0.176. The highest BCUT2D eigenvalue weighted by atomic mass is 35.5. The van der Waals surface area contributed by atoms with Crippen LogP contribution in [0.5, 0.6) is 5.88 Å². The number of aliphatic hydroxyl groups is 1. The molecule has 0 bridgehead atoms. The lowest BCUT2D eigenvalue weighted by atomic mass is 9.91. The number of nitrogens with one attached hydrogen (secondary N) is 1. The Morgan fingerprint density at radius 2 is 2.11 bits per heavy atom. The summed E-state index contributed by atoms with van der Waals surface area (Å²) in [5, 5.41) is 17.6. The van der Waals surface area contributed by atoms with Gasteiger partial charge in [-0.05, 0) is 24.3 Å².